The van der Waals surface area contributed by atoms with Gasteiger partial charge >= 0.3 is 0 Å². The summed E-state index contributed by atoms with van der Waals surface area (Å²) in [6, 6.07) is 9.59. The highest BCUT2D eigenvalue weighted by atomic mass is 79.9. The molecule has 3 aromatic rings. The quantitative estimate of drug-likeness (QED) is 0.535. The maximum absolute atomic E-state index is 12.8. The standard InChI is InChI=1S/C19H19BrN4O2S2/c1-12-18(27-19(23-12)24-13(2)25)15-5-6-16(20)17(10-15)28(26)22-9-7-14-4-3-8-21-11-14/h3-6,8,10-11,22H,7,9H2,1-2H3,(H,23,24,25). The smallest absolute Gasteiger partial charge is 0.223 e. The predicted octanol–water partition coefficient (Wildman–Crippen LogP) is 4.09. The number of aromatic nitrogens is 2. The highest BCUT2D eigenvalue weighted by Gasteiger charge is 2.15. The van der Waals surface area contributed by atoms with Gasteiger partial charge in [0.2, 0.25) is 5.91 Å². The van der Waals surface area contributed by atoms with Gasteiger partial charge in [-0.25, -0.2) is 13.9 Å². The molecule has 1 unspecified atom stereocenters. The van der Waals surface area contributed by atoms with Crippen molar-refractivity contribution in [1.29, 1.82) is 0 Å². The fourth-order valence-electron chi connectivity index (χ4n) is 2.57. The molecule has 0 fully saturated rings. The van der Waals surface area contributed by atoms with E-state index in [2.05, 4.69) is 35.9 Å². The van der Waals surface area contributed by atoms with Gasteiger partial charge in [-0.15, -0.1) is 0 Å². The lowest BCUT2D eigenvalue weighted by Gasteiger charge is -2.09. The van der Waals surface area contributed by atoms with Gasteiger partial charge in [0.15, 0.2) is 5.13 Å². The first-order valence-electron chi connectivity index (χ1n) is 8.53. The number of nitrogens with zero attached hydrogens (tertiary/aromatic N) is 2. The third kappa shape index (κ3) is 5.32. The van der Waals surface area contributed by atoms with E-state index in [1.165, 1.54) is 18.3 Å². The number of rotatable bonds is 7. The van der Waals surface area contributed by atoms with Crippen LogP contribution in [0.2, 0.25) is 0 Å². The molecule has 2 N–H and O–H groups in total. The summed E-state index contributed by atoms with van der Waals surface area (Å²) in [6.07, 6.45) is 4.28. The van der Waals surface area contributed by atoms with Crippen LogP contribution in [0.3, 0.4) is 0 Å². The van der Waals surface area contributed by atoms with Gasteiger partial charge < -0.3 is 5.32 Å². The molecule has 0 saturated carbocycles. The van der Waals surface area contributed by atoms with Crippen molar-refractivity contribution >= 4 is 49.3 Å². The number of carbonyl (C=O) groups excluding carboxylic acids is 1. The molecule has 6 nitrogen and oxygen atoms in total. The van der Waals surface area contributed by atoms with Crippen molar-refractivity contribution in [2.45, 2.75) is 25.2 Å². The SMILES string of the molecule is CC(=O)Nc1nc(C)c(-c2ccc(Br)c(S(=O)NCCc3cccnc3)c2)s1. The number of hydrogen-bond donors (Lipinski definition) is 2. The molecule has 1 atom stereocenters. The Labute approximate surface area is 178 Å². The van der Waals surface area contributed by atoms with E-state index in [0.717, 1.165) is 32.6 Å². The summed E-state index contributed by atoms with van der Waals surface area (Å²) < 4.78 is 16.6. The number of hydrogen-bond acceptors (Lipinski definition) is 5. The minimum Gasteiger partial charge on any atom is -0.302 e. The average Bonchev–Trinajstić information content (AvgIpc) is 3.02. The van der Waals surface area contributed by atoms with E-state index in [1.807, 2.05) is 37.3 Å². The van der Waals surface area contributed by atoms with Crippen LogP contribution in [0, 0.1) is 6.92 Å². The maximum atomic E-state index is 12.8. The lowest BCUT2D eigenvalue weighted by atomic mass is 10.2. The Morgan fingerprint density at radius 3 is 2.86 bits per heavy atom. The van der Waals surface area contributed by atoms with Crippen LogP contribution in [0.1, 0.15) is 18.2 Å². The molecule has 1 amide bonds. The Hall–Kier alpha value is -1.94. The lowest BCUT2D eigenvalue weighted by molar-refractivity contribution is -0.114. The molecule has 0 aliphatic carbocycles. The minimum atomic E-state index is -1.36. The fourth-order valence-corrected chi connectivity index (χ4v) is 5.19. The van der Waals surface area contributed by atoms with E-state index in [1.54, 1.807) is 12.4 Å². The number of thiazole rings is 1. The monoisotopic (exact) mass is 478 g/mol. The first-order valence-corrected chi connectivity index (χ1v) is 11.3. The van der Waals surface area contributed by atoms with Gasteiger partial charge in [0, 0.05) is 30.3 Å². The van der Waals surface area contributed by atoms with Crippen molar-refractivity contribution in [2.75, 3.05) is 11.9 Å². The molecule has 2 heterocycles. The van der Waals surface area contributed by atoms with Gasteiger partial charge in [0.1, 0.15) is 11.0 Å². The number of amides is 1. The molecular formula is C19H19BrN4O2S2. The van der Waals surface area contributed by atoms with E-state index in [-0.39, 0.29) is 5.91 Å². The van der Waals surface area contributed by atoms with E-state index in [9.17, 15) is 9.00 Å². The topological polar surface area (TPSA) is 84.0 Å². The van der Waals surface area contributed by atoms with E-state index >= 15 is 0 Å². The number of anilines is 1. The Morgan fingerprint density at radius 2 is 2.14 bits per heavy atom. The van der Waals surface area contributed by atoms with Gasteiger partial charge in [-0.1, -0.05) is 23.5 Å². The summed E-state index contributed by atoms with van der Waals surface area (Å²) in [7, 11) is -1.36. The molecule has 2 aromatic heterocycles. The Morgan fingerprint density at radius 1 is 1.32 bits per heavy atom. The molecule has 9 heteroatoms. The lowest BCUT2D eigenvalue weighted by Crippen LogP contribution is -2.20. The number of halogens is 1. The molecule has 0 radical (unpaired) electrons. The van der Waals surface area contributed by atoms with E-state index in [0.29, 0.717) is 16.6 Å². The van der Waals surface area contributed by atoms with Crippen LogP contribution in [-0.4, -0.2) is 26.6 Å². The van der Waals surface area contributed by atoms with Crippen LogP contribution in [0.15, 0.2) is 52.1 Å². The second kappa shape index (κ2) is 9.51. The van der Waals surface area contributed by atoms with Crippen LogP contribution >= 0.6 is 27.3 Å². The Balaban J connectivity index is 1.75. The number of nitrogens with one attached hydrogen (secondary N) is 2. The second-order valence-electron chi connectivity index (χ2n) is 6.03. The normalized spacial score (nSPS) is 12.0. The molecule has 1 aromatic carbocycles. The summed E-state index contributed by atoms with van der Waals surface area (Å²) in [5, 5.41) is 3.27. The third-order valence-corrected chi connectivity index (χ3v) is 7.12. The maximum Gasteiger partial charge on any atom is 0.223 e. The summed E-state index contributed by atoms with van der Waals surface area (Å²) in [5.41, 5.74) is 2.81. The predicted molar refractivity (Wildman–Crippen MR) is 117 cm³/mol. The molecule has 0 bridgehead atoms. The van der Waals surface area contributed by atoms with Crippen LogP contribution in [-0.2, 0) is 22.2 Å². The number of aryl methyl sites for hydroxylation is 1. The zero-order chi connectivity index (χ0) is 20.1. The van der Waals surface area contributed by atoms with Crippen molar-refractivity contribution in [3.63, 3.8) is 0 Å². The Kier molecular flexibility index (Phi) is 7.06. The van der Waals surface area contributed by atoms with Crippen LogP contribution in [0.4, 0.5) is 5.13 Å². The summed E-state index contributed by atoms with van der Waals surface area (Å²) >= 11 is 4.88. The molecule has 28 heavy (non-hydrogen) atoms. The third-order valence-electron chi connectivity index (χ3n) is 3.84. The van der Waals surface area contributed by atoms with Crippen molar-refractivity contribution in [3.8, 4) is 10.4 Å². The van der Waals surface area contributed by atoms with Crippen LogP contribution in [0.5, 0.6) is 0 Å². The van der Waals surface area contributed by atoms with Gasteiger partial charge in [-0.3, -0.25) is 9.78 Å². The zero-order valence-corrected chi connectivity index (χ0v) is 18.6. The molecular weight excluding hydrogens is 460 g/mol. The fraction of sp³-hybridized carbons (Fsp3) is 0.211. The van der Waals surface area contributed by atoms with Gasteiger partial charge in [0.05, 0.1) is 15.5 Å². The number of carbonyl (C=O) groups is 1. The van der Waals surface area contributed by atoms with E-state index < -0.39 is 11.0 Å². The van der Waals surface area contributed by atoms with Crippen molar-refractivity contribution in [2.24, 2.45) is 0 Å². The highest BCUT2D eigenvalue weighted by Crippen LogP contribution is 2.35. The van der Waals surface area contributed by atoms with E-state index in [4.69, 9.17) is 0 Å². The van der Waals surface area contributed by atoms with Crippen LogP contribution in [0.25, 0.3) is 10.4 Å². The molecule has 0 spiro atoms. The van der Waals surface area contributed by atoms with Crippen molar-refractivity contribution < 1.29 is 9.00 Å². The highest BCUT2D eigenvalue weighted by molar-refractivity contribution is 9.10. The van der Waals surface area contributed by atoms with Gasteiger partial charge in [-0.05, 0) is 58.6 Å². The Bertz CT molecular complexity index is 1010. The molecule has 0 aliphatic heterocycles. The molecule has 146 valence electrons. The molecule has 3 rings (SSSR count). The van der Waals surface area contributed by atoms with Gasteiger partial charge in [0.25, 0.3) is 0 Å². The summed E-state index contributed by atoms with van der Waals surface area (Å²) in [4.78, 5) is 21.3. The minimum absolute atomic E-state index is 0.157. The summed E-state index contributed by atoms with van der Waals surface area (Å²) in [6.45, 7) is 3.91. The number of benzene rings is 1. The van der Waals surface area contributed by atoms with Crippen molar-refractivity contribution in [3.05, 3.63) is 58.5 Å². The first kappa shape index (κ1) is 20.8. The van der Waals surface area contributed by atoms with Crippen LogP contribution < -0.4 is 10.0 Å². The summed E-state index contributed by atoms with van der Waals surface area (Å²) in [5.74, 6) is -0.157. The first-order chi connectivity index (χ1) is 13.4. The van der Waals surface area contributed by atoms with Crippen molar-refractivity contribution in [1.82, 2.24) is 14.7 Å². The largest absolute Gasteiger partial charge is 0.302 e. The average molecular weight is 479 g/mol. The molecule has 0 aliphatic rings. The number of pyridine rings is 1. The van der Waals surface area contributed by atoms with Gasteiger partial charge in [-0.2, -0.15) is 0 Å². The second-order valence-corrected chi connectivity index (χ2v) is 9.15. The zero-order valence-electron chi connectivity index (χ0n) is 15.4. The molecule has 0 saturated heterocycles.